The summed E-state index contributed by atoms with van der Waals surface area (Å²) in [6.45, 7) is 1.94. The first-order valence-electron chi connectivity index (χ1n) is 3.41. The van der Waals surface area contributed by atoms with Gasteiger partial charge in [0, 0.05) is 11.3 Å². The summed E-state index contributed by atoms with van der Waals surface area (Å²) in [4.78, 5) is 11.1. The van der Waals surface area contributed by atoms with Crippen molar-refractivity contribution in [3.63, 3.8) is 0 Å². The average Bonchev–Trinajstić information content (AvgIpc) is 2.36. The zero-order valence-electron chi connectivity index (χ0n) is 6.28. The Morgan fingerprint density at radius 3 is 3.00 bits per heavy atom. The number of thiophene rings is 1. The van der Waals surface area contributed by atoms with E-state index in [9.17, 15) is 9.90 Å². The lowest BCUT2D eigenvalue weighted by Gasteiger charge is -2.04. The molecule has 0 amide bonds. The number of hydrogen-bond donors (Lipinski definition) is 1. The van der Waals surface area contributed by atoms with E-state index in [-0.39, 0.29) is 6.42 Å². The van der Waals surface area contributed by atoms with Crippen LogP contribution in [0.3, 0.4) is 0 Å². The lowest BCUT2D eigenvalue weighted by Crippen LogP contribution is -1.97. The predicted molar refractivity (Wildman–Crippen MR) is 44.7 cm³/mol. The standard InChI is InChI=1S/C8H10O2S/c1-6-7(3-5-11-6)8(10)2-4-9/h3-5,8,10H,2H2,1H3. The van der Waals surface area contributed by atoms with Gasteiger partial charge in [-0.1, -0.05) is 0 Å². The summed E-state index contributed by atoms with van der Waals surface area (Å²) >= 11 is 1.58. The first-order chi connectivity index (χ1) is 5.25. The summed E-state index contributed by atoms with van der Waals surface area (Å²) in [7, 11) is 0. The SMILES string of the molecule is Cc1sccc1C(O)CC=O. The number of aldehydes is 1. The fourth-order valence-corrected chi connectivity index (χ4v) is 1.72. The van der Waals surface area contributed by atoms with Crippen LogP contribution in [0.25, 0.3) is 0 Å². The van der Waals surface area contributed by atoms with Gasteiger partial charge in [-0.3, -0.25) is 0 Å². The molecule has 1 heterocycles. The molecule has 3 heteroatoms. The van der Waals surface area contributed by atoms with Gasteiger partial charge in [-0.2, -0.15) is 0 Å². The molecule has 1 aromatic heterocycles. The molecule has 0 saturated heterocycles. The van der Waals surface area contributed by atoms with E-state index in [0.29, 0.717) is 0 Å². The van der Waals surface area contributed by atoms with E-state index in [2.05, 4.69) is 0 Å². The summed E-state index contributed by atoms with van der Waals surface area (Å²) in [6, 6.07) is 1.86. The smallest absolute Gasteiger partial charge is 0.122 e. The largest absolute Gasteiger partial charge is 0.388 e. The van der Waals surface area contributed by atoms with Crippen LogP contribution in [0.2, 0.25) is 0 Å². The van der Waals surface area contributed by atoms with Crippen molar-refractivity contribution in [3.8, 4) is 0 Å². The minimum absolute atomic E-state index is 0.192. The molecule has 0 aliphatic carbocycles. The van der Waals surface area contributed by atoms with E-state index in [1.165, 1.54) is 0 Å². The molecule has 0 fully saturated rings. The fourth-order valence-electron chi connectivity index (χ4n) is 0.959. The molecule has 1 atom stereocenters. The molecule has 1 aromatic rings. The van der Waals surface area contributed by atoms with Crippen molar-refractivity contribution in [1.29, 1.82) is 0 Å². The summed E-state index contributed by atoms with van der Waals surface area (Å²) in [5, 5.41) is 11.3. The van der Waals surface area contributed by atoms with Crippen LogP contribution in [0.1, 0.15) is 23.0 Å². The number of aryl methyl sites for hydroxylation is 1. The molecule has 1 N–H and O–H groups in total. The maximum atomic E-state index is 10.1. The third-order valence-corrected chi connectivity index (χ3v) is 2.44. The Hall–Kier alpha value is -0.670. The van der Waals surface area contributed by atoms with Crippen LogP contribution in [0.15, 0.2) is 11.4 Å². The van der Waals surface area contributed by atoms with Crippen molar-refractivity contribution >= 4 is 17.6 Å². The van der Waals surface area contributed by atoms with Gasteiger partial charge in [-0.25, -0.2) is 0 Å². The second-order valence-corrected chi connectivity index (χ2v) is 3.47. The first kappa shape index (κ1) is 8.43. The van der Waals surface area contributed by atoms with Crippen molar-refractivity contribution in [2.45, 2.75) is 19.4 Å². The summed E-state index contributed by atoms with van der Waals surface area (Å²) in [5.74, 6) is 0. The third-order valence-electron chi connectivity index (χ3n) is 1.58. The Bertz CT molecular complexity index is 242. The van der Waals surface area contributed by atoms with E-state index in [0.717, 1.165) is 16.7 Å². The lowest BCUT2D eigenvalue weighted by atomic mass is 10.1. The molecule has 2 nitrogen and oxygen atoms in total. The predicted octanol–water partition coefficient (Wildman–Crippen LogP) is 1.68. The number of aliphatic hydroxyl groups is 1. The van der Waals surface area contributed by atoms with Crippen molar-refractivity contribution in [1.82, 2.24) is 0 Å². The lowest BCUT2D eigenvalue weighted by molar-refractivity contribution is -0.109. The van der Waals surface area contributed by atoms with Crippen LogP contribution in [0.5, 0.6) is 0 Å². The summed E-state index contributed by atoms with van der Waals surface area (Å²) in [6.07, 6.45) is 0.318. The first-order valence-corrected chi connectivity index (χ1v) is 4.29. The molecule has 0 aromatic carbocycles. The molecule has 60 valence electrons. The topological polar surface area (TPSA) is 37.3 Å². The minimum atomic E-state index is -0.612. The van der Waals surface area contributed by atoms with Gasteiger partial charge in [0.2, 0.25) is 0 Å². The van der Waals surface area contributed by atoms with Gasteiger partial charge in [0.1, 0.15) is 6.29 Å². The van der Waals surface area contributed by atoms with E-state index in [4.69, 9.17) is 0 Å². The highest BCUT2D eigenvalue weighted by Gasteiger charge is 2.09. The fraction of sp³-hybridized carbons (Fsp3) is 0.375. The highest BCUT2D eigenvalue weighted by molar-refractivity contribution is 7.10. The van der Waals surface area contributed by atoms with Crippen LogP contribution in [-0.2, 0) is 4.79 Å². The Balaban J connectivity index is 2.74. The zero-order chi connectivity index (χ0) is 8.27. The molecule has 1 rings (SSSR count). The van der Waals surface area contributed by atoms with E-state index in [1.54, 1.807) is 11.3 Å². The molecular formula is C8H10O2S. The van der Waals surface area contributed by atoms with E-state index in [1.807, 2.05) is 18.4 Å². The minimum Gasteiger partial charge on any atom is -0.388 e. The van der Waals surface area contributed by atoms with Crippen molar-refractivity contribution in [3.05, 3.63) is 21.9 Å². The number of hydrogen-bond acceptors (Lipinski definition) is 3. The molecule has 0 aliphatic rings. The van der Waals surface area contributed by atoms with Gasteiger partial charge >= 0.3 is 0 Å². The normalized spacial score (nSPS) is 12.9. The zero-order valence-corrected chi connectivity index (χ0v) is 7.10. The van der Waals surface area contributed by atoms with Gasteiger partial charge in [-0.05, 0) is 23.9 Å². The van der Waals surface area contributed by atoms with Gasteiger partial charge in [0.25, 0.3) is 0 Å². The van der Waals surface area contributed by atoms with Crippen LogP contribution < -0.4 is 0 Å². The second kappa shape index (κ2) is 3.64. The highest BCUT2D eigenvalue weighted by atomic mass is 32.1. The molecule has 0 radical (unpaired) electrons. The Labute approximate surface area is 69.5 Å². The Kier molecular flexibility index (Phi) is 2.79. The monoisotopic (exact) mass is 170 g/mol. The highest BCUT2D eigenvalue weighted by Crippen LogP contribution is 2.23. The Morgan fingerprint density at radius 2 is 2.55 bits per heavy atom. The number of aliphatic hydroxyl groups excluding tert-OH is 1. The molecule has 0 saturated carbocycles. The maximum absolute atomic E-state index is 10.1. The van der Waals surface area contributed by atoms with Gasteiger partial charge in [-0.15, -0.1) is 11.3 Å². The van der Waals surface area contributed by atoms with Gasteiger partial charge in [0.15, 0.2) is 0 Å². The molecule has 0 spiro atoms. The summed E-state index contributed by atoms with van der Waals surface area (Å²) < 4.78 is 0. The molecule has 0 bridgehead atoms. The van der Waals surface area contributed by atoms with Crippen LogP contribution in [-0.4, -0.2) is 11.4 Å². The van der Waals surface area contributed by atoms with Gasteiger partial charge < -0.3 is 9.90 Å². The number of carbonyl (C=O) groups excluding carboxylic acids is 1. The second-order valence-electron chi connectivity index (χ2n) is 2.35. The van der Waals surface area contributed by atoms with E-state index >= 15 is 0 Å². The maximum Gasteiger partial charge on any atom is 0.122 e. The number of carbonyl (C=O) groups is 1. The molecule has 11 heavy (non-hydrogen) atoms. The summed E-state index contributed by atoms with van der Waals surface area (Å²) in [5.41, 5.74) is 0.877. The van der Waals surface area contributed by atoms with Crippen molar-refractivity contribution < 1.29 is 9.90 Å². The average molecular weight is 170 g/mol. The van der Waals surface area contributed by atoms with Crippen LogP contribution >= 0.6 is 11.3 Å². The van der Waals surface area contributed by atoms with Crippen molar-refractivity contribution in [2.75, 3.05) is 0 Å². The molecular weight excluding hydrogens is 160 g/mol. The van der Waals surface area contributed by atoms with Crippen LogP contribution in [0.4, 0.5) is 0 Å². The quantitative estimate of drug-likeness (QED) is 0.701. The molecule has 0 aliphatic heterocycles. The number of rotatable bonds is 3. The third kappa shape index (κ3) is 1.88. The van der Waals surface area contributed by atoms with Crippen molar-refractivity contribution in [2.24, 2.45) is 0 Å². The molecule has 1 unspecified atom stereocenters. The Morgan fingerprint density at radius 1 is 1.82 bits per heavy atom. The van der Waals surface area contributed by atoms with E-state index < -0.39 is 6.10 Å². The van der Waals surface area contributed by atoms with Crippen LogP contribution in [0, 0.1) is 6.92 Å². The van der Waals surface area contributed by atoms with Gasteiger partial charge in [0.05, 0.1) is 6.10 Å².